The smallest absolute Gasteiger partial charge is 0.240 e. The fraction of sp³-hybridized carbons (Fsp3) is 0.500. The van der Waals surface area contributed by atoms with E-state index in [-0.39, 0.29) is 5.91 Å². The molecule has 0 spiro atoms. The molecule has 1 saturated carbocycles. The van der Waals surface area contributed by atoms with Crippen molar-refractivity contribution in [3.8, 4) is 5.75 Å². The van der Waals surface area contributed by atoms with E-state index >= 15 is 0 Å². The zero-order valence-corrected chi connectivity index (χ0v) is 10.7. The first-order valence-corrected chi connectivity index (χ1v) is 6.37. The maximum Gasteiger partial charge on any atom is 0.240 e. The molecule has 1 aliphatic carbocycles. The maximum atomic E-state index is 11.7. The lowest BCUT2D eigenvalue weighted by Gasteiger charge is -2.36. The topological polar surface area (TPSA) is 64.3 Å². The Morgan fingerprint density at radius 1 is 1.50 bits per heavy atom. The Bertz CT molecular complexity index is 428. The van der Waals surface area contributed by atoms with Crippen LogP contribution in [0.4, 0.5) is 0 Å². The van der Waals surface area contributed by atoms with Crippen LogP contribution in [0, 0.1) is 6.92 Å². The second kappa shape index (κ2) is 5.40. The van der Waals surface area contributed by atoms with Crippen molar-refractivity contribution in [3.63, 3.8) is 0 Å². The average molecular weight is 248 g/mol. The van der Waals surface area contributed by atoms with Crippen LogP contribution in [-0.2, 0) is 4.79 Å². The van der Waals surface area contributed by atoms with Gasteiger partial charge in [-0.25, -0.2) is 0 Å². The first kappa shape index (κ1) is 12.9. The standard InChI is InChI=1S/C14H20N2O2/c1-11-4-2-5-12(10-11)18-9-8-16-13(17)14(15)6-3-7-14/h2,4-5,10H,3,6-9,15H2,1H3,(H,16,17). The highest BCUT2D eigenvalue weighted by molar-refractivity contribution is 5.86. The van der Waals surface area contributed by atoms with Crippen molar-refractivity contribution in [2.75, 3.05) is 13.2 Å². The Morgan fingerprint density at radius 2 is 2.28 bits per heavy atom. The van der Waals surface area contributed by atoms with Crippen molar-refractivity contribution < 1.29 is 9.53 Å². The Labute approximate surface area is 108 Å². The molecular formula is C14H20N2O2. The average Bonchev–Trinajstić information content (AvgIpc) is 2.31. The second-order valence-electron chi connectivity index (χ2n) is 4.93. The molecule has 0 bridgehead atoms. The molecule has 3 N–H and O–H groups in total. The van der Waals surface area contributed by atoms with Gasteiger partial charge in [0, 0.05) is 0 Å². The number of aryl methyl sites for hydroxylation is 1. The molecule has 0 aromatic heterocycles. The first-order chi connectivity index (χ1) is 8.60. The van der Waals surface area contributed by atoms with Crippen molar-refractivity contribution in [3.05, 3.63) is 29.8 Å². The summed E-state index contributed by atoms with van der Waals surface area (Å²) in [6.45, 7) is 2.97. The van der Waals surface area contributed by atoms with E-state index in [0.717, 1.165) is 30.6 Å². The van der Waals surface area contributed by atoms with Crippen LogP contribution in [0.1, 0.15) is 24.8 Å². The summed E-state index contributed by atoms with van der Waals surface area (Å²) in [5.74, 6) is 0.775. The Kier molecular flexibility index (Phi) is 3.87. The van der Waals surface area contributed by atoms with E-state index in [9.17, 15) is 4.79 Å². The van der Waals surface area contributed by atoms with Gasteiger partial charge in [-0.15, -0.1) is 0 Å². The Morgan fingerprint density at radius 3 is 2.89 bits per heavy atom. The molecule has 98 valence electrons. The van der Waals surface area contributed by atoms with Crippen LogP contribution >= 0.6 is 0 Å². The summed E-state index contributed by atoms with van der Waals surface area (Å²) in [5, 5.41) is 2.82. The van der Waals surface area contributed by atoms with E-state index in [2.05, 4.69) is 5.32 Å². The minimum atomic E-state index is -0.622. The molecule has 0 atom stereocenters. The summed E-state index contributed by atoms with van der Waals surface area (Å²) in [7, 11) is 0. The van der Waals surface area contributed by atoms with E-state index in [1.165, 1.54) is 0 Å². The summed E-state index contributed by atoms with van der Waals surface area (Å²) in [4.78, 5) is 11.7. The van der Waals surface area contributed by atoms with Gasteiger partial charge in [-0.1, -0.05) is 12.1 Å². The number of amides is 1. The molecule has 4 heteroatoms. The van der Waals surface area contributed by atoms with E-state index < -0.39 is 5.54 Å². The van der Waals surface area contributed by atoms with E-state index in [0.29, 0.717) is 13.2 Å². The molecule has 0 saturated heterocycles. The number of rotatable bonds is 5. The van der Waals surface area contributed by atoms with Gasteiger partial charge < -0.3 is 15.8 Å². The lowest BCUT2D eigenvalue weighted by Crippen LogP contribution is -2.58. The van der Waals surface area contributed by atoms with Gasteiger partial charge in [0.15, 0.2) is 0 Å². The van der Waals surface area contributed by atoms with Crippen molar-refractivity contribution in [2.24, 2.45) is 5.73 Å². The van der Waals surface area contributed by atoms with Crippen LogP contribution in [-0.4, -0.2) is 24.6 Å². The monoisotopic (exact) mass is 248 g/mol. The number of benzene rings is 1. The molecule has 2 rings (SSSR count). The van der Waals surface area contributed by atoms with Crippen LogP contribution in [0.5, 0.6) is 5.75 Å². The second-order valence-corrected chi connectivity index (χ2v) is 4.93. The van der Waals surface area contributed by atoms with Crippen LogP contribution < -0.4 is 15.8 Å². The predicted octanol–water partition coefficient (Wildman–Crippen LogP) is 1.37. The van der Waals surface area contributed by atoms with E-state index in [4.69, 9.17) is 10.5 Å². The van der Waals surface area contributed by atoms with Crippen molar-refractivity contribution in [1.29, 1.82) is 0 Å². The quantitative estimate of drug-likeness (QED) is 0.774. The summed E-state index contributed by atoms with van der Waals surface area (Å²) in [6.07, 6.45) is 2.62. The third kappa shape index (κ3) is 3.01. The molecule has 18 heavy (non-hydrogen) atoms. The SMILES string of the molecule is Cc1cccc(OCCNC(=O)C2(N)CCC2)c1. The molecule has 0 aliphatic heterocycles. The fourth-order valence-corrected chi connectivity index (χ4v) is 2.00. The van der Waals surface area contributed by atoms with Gasteiger partial charge >= 0.3 is 0 Å². The van der Waals surface area contributed by atoms with Gasteiger partial charge in [0.25, 0.3) is 0 Å². The lowest BCUT2D eigenvalue weighted by atomic mass is 9.77. The minimum Gasteiger partial charge on any atom is -0.492 e. The number of nitrogens with two attached hydrogens (primary N) is 1. The van der Waals surface area contributed by atoms with Gasteiger partial charge in [0.1, 0.15) is 12.4 Å². The molecule has 0 radical (unpaired) electrons. The number of hydrogen-bond acceptors (Lipinski definition) is 3. The van der Waals surface area contributed by atoms with Gasteiger partial charge in [-0.05, 0) is 43.9 Å². The van der Waals surface area contributed by atoms with Gasteiger partial charge in [0.2, 0.25) is 5.91 Å². The van der Waals surface area contributed by atoms with Crippen molar-refractivity contribution in [2.45, 2.75) is 31.7 Å². The van der Waals surface area contributed by atoms with Crippen LogP contribution in [0.25, 0.3) is 0 Å². The van der Waals surface area contributed by atoms with Crippen molar-refractivity contribution in [1.82, 2.24) is 5.32 Å². The van der Waals surface area contributed by atoms with Crippen molar-refractivity contribution >= 4 is 5.91 Å². The molecule has 4 nitrogen and oxygen atoms in total. The molecule has 1 aliphatic rings. The number of ether oxygens (including phenoxy) is 1. The summed E-state index contributed by atoms with van der Waals surface area (Å²) < 4.78 is 5.55. The van der Waals surface area contributed by atoms with Gasteiger partial charge in [0.05, 0.1) is 12.1 Å². The Balaban J connectivity index is 1.68. The zero-order chi connectivity index (χ0) is 13.0. The largest absolute Gasteiger partial charge is 0.492 e. The highest BCUT2D eigenvalue weighted by atomic mass is 16.5. The van der Waals surface area contributed by atoms with Crippen LogP contribution in [0.3, 0.4) is 0 Å². The normalized spacial score (nSPS) is 16.8. The molecular weight excluding hydrogens is 228 g/mol. The van der Waals surface area contributed by atoms with Crippen LogP contribution in [0.15, 0.2) is 24.3 Å². The molecule has 1 aromatic rings. The summed E-state index contributed by atoms with van der Waals surface area (Å²) in [5.41, 5.74) is 6.44. The van der Waals surface area contributed by atoms with E-state index in [1.54, 1.807) is 0 Å². The van der Waals surface area contributed by atoms with E-state index in [1.807, 2.05) is 31.2 Å². The zero-order valence-electron chi connectivity index (χ0n) is 10.7. The maximum absolute atomic E-state index is 11.7. The third-order valence-corrected chi connectivity index (χ3v) is 3.34. The number of carbonyl (C=O) groups excluding carboxylic acids is 1. The first-order valence-electron chi connectivity index (χ1n) is 6.37. The molecule has 0 heterocycles. The van der Waals surface area contributed by atoms with Gasteiger partial charge in [-0.2, -0.15) is 0 Å². The number of carbonyl (C=O) groups is 1. The van der Waals surface area contributed by atoms with Crippen LogP contribution in [0.2, 0.25) is 0 Å². The molecule has 1 fully saturated rings. The fourth-order valence-electron chi connectivity index (χ4n) is 2.00. The molecule has 0 unspecified atom stereocenters. The summed E-state index contributed by atoms with van der Waals surface area (Å²) in [6, 6.07) is 7.85. The lowest BCUT2D eigenvalue weighted by molar-refractivity contribution is -0.129. The predicted molar refractivity (Wildman–Crippen MR) is 70.5 cm³/mol. The molecule has 1 aromatic carbocycles. The molecule has 1 amide bonds. The highest BCUT2D eigenvalue weighted by Gasteiger charge is 2.39. The number of hydrogen-bond donors (Lipinski definition) is 2. The minimum absolute atomic E-state index is 0.0541. The summed E-state index contributed by atoms with van der Waals surface area (Å²) >= 11 is 0. The Hall–Kier alpha value is -1.55. The highest BCUT2D eigenvalue weighted by Crippen LogP contribution is 2.28. The third-order valence-electron chi connectivity index (χ3n) is 3.34. The number of nitrogens with one attached hydrogen (secondary N) is 1. The van der Waals surface area contributed by atoms with Gasteiger partial charge in [-0.3, -0.25) is 4.79 Å².